The predicted molar refractivity (Wildman–Crippen MR) is 71.9 cm³/mol. The maximum absolute atomic E-state index is 12.4. The largest absolute Gasteiger partial charge is 0.486 e. The second-order valence-electron chi connectivity index (χ2n) is 4.58. The third kappa shape index (κ3) is 2.34. The fraction of sp³-hybridized carbons (Fsp3) is 0.500. The zero-order valence-electron chi connectivity index (χ0n) is 10.2. The first-order chi connectivity index (χ1) is 8.84. The molecule has 0 aliphatic carbocycles. The second-order valence-corrected chi connectivity index (χ2v) is 5.89. The van der Waals surface area contributed by atoms with Crippen molar-refractivity contribution in [3.05, 3.63) is 23.8 Å². The maximum atomic E-state index is 12.4. The summed E-state index contributed by atoms with van der Waals surface area (Å²) in [4.78, 5) is 12.4. The molecule has 1 aromatic rings. The Bertz CT molecular complexity index is 452. The summed E-state index contributed by atoms with van der Waals surface area (Å²) in [5, 5.41) is 0.126. The highest BCUT2D eigenvalue weighted by molar-refractivity contribution is 8.00. The lowest BCUT2D eigenvalue weighted by molar-refractivity contribution is 0.0983. The zero-order chi connectivity index (χ0) is 12.4. The van der Waals surface area contributed by atoms with Gasteiger partial charge in [-0.15, -0.1) is 0 Å². The highest BCUT2D eigenvalue weighted by atomic mass is 32.2. The van der Waals surface area contributed by atoms with Crippen molar-refractivity contribution < 1.29 is 14.3 Å². The Morgan fingerprint density at radius 2 is 2.00 bits per heavy atom. The molecule has 0 N–H and O–H groups in total. The van der Waals surface area contributed by atoms with Crippen LogP contribution >= 0.6 is 11.8 Å². The summed E-state index contributed by atoms with van der Waals surface area (Å²) in [7, 11) is 0. The van der Waals surface area contributed by atoms with E-state index < -0.39 is 0 Å². The van der Waals surface area contributed by atoms with Gasteiger partial charge in [0.1, 0.15) is 13.2 Å². The minimum absolute atomic E-state index is 0.126. The first-order valence-electron chi connectivity index (χ1n) is 6.40. The van der Waals surface area contributed by atoms with E-state index >= 15 is 0 Å². The number of carbonyl (C=O) groups excluding carboxylic acids is 1. The van der Waals surface area contributed by atoms with E-state index in [2.05, 4.69) is 0 Å². The molecule has 2 heterocycles. The average Bonchev–Trinajstić information content (AvgIpc) is 2.47. The van der Waals surface area contributed by atoms with Crippen molar-refractivity contribution in [2.45, 2.75) is 24.5 Å². The SMILES string of the molecule is O=C(c1ccc2c(c1)OCCO2)C1CCCCS1. The van der Waals surface area contributed by atoms with E-state index in [1.165, 1.54) is 6.42 Å². The first-order valence-corrected chi connectivity index (χ1v) is 7.45. The van der Waals surface area contributed by atoms with E-state index in [0.29, 0.717) is 19.0 Å². The van der Waals surface area contributed by atoms with Gasteiger partial charge in [0.15, 0.2) is 17.3 Å². The number of benzene rings is 1. The molecule has 96 valence electrons. The molecule has 0 spiro atoms. The number of hydrogen-bond donors (Lipinski definition) is 0. The molecule has 0 radical (unpaired) electrons. The van der Waals surface area contributed by atoms with Gasteiger partial charge in [0.05, 0.1) is 5.25 Å². The summed E-state index contributed by atoms with van der Waals surface area (Å²) in [6, 6.07) is 5.52. The highest BCUT2D eigenvalue weighted by Crippen LogP contribution is 2.33. The third-order valence-corrected chi connectivity index (χ3v) is 4.68. The summed E-state index contributed by atoms with van der Waals surface area (Å²) in [5.41, 5.74) is 0.749. The van der Waals surface area contributed by atoms with Crippen molar-refractivity contribution in [1.82, 2.24) is 0 Å². The van der Waals surface area contributed by atoms with E-state index in [0.717, 1.165) is 29.9 Å². The normalized spacial score (nSPS) is 22.6. The van der Waals surface area contributed by atoms with Crippen LogP contribution in [-0.2, 0) is 0 Å². The number of Topliss-reactive ketones (excluding diaryl/α,β-unsaturated/α-hetero) is 1. The van der Waals surface area contributed by atoms with Crippen LogP contribution in [0.25, 0.3) is 0 Å². The number of thioether (sulfide) groups is 1. The molecule has 0 amide bonds. The van der Waals surface area contributed by atoms with Crippen molar-refractivity contribution in [3.8, 4) is 11.5 Å². The van der Waals surface area contributed by atoms with Crippen molar-refractivity contribution in [2.75, 3.05) is 19.0 Å². The lowest BCUT2D eigenvalue weighted by Gasteiger charge is -2.22. The Hall–Kier alpha value is -1.16. The van der Waals surface area contributed by atoms with Crippen LogP contribution in [0.1, 0.15) is 29.6 Å². The number of rotatable bonds is 2. The highest BCUT2D eigenvalue weighted by Gasteiger charge is 2.24. The van der Waals surface area contributed by atoms with Crippen molar-refractivity contribution >= 4 is 17.5 Å². The van der Waals surface area contributed by atoms with Gasteiger partial charge in [-0.2, -0.15) is 11.8 Å². The standard InChI is InChI=1S/C14H16O3S/c15-14(13-3-1-2-8-18-13)10-4-5-11-12(9-10)17-7-6-16-11/h4-5,9,13H,1-3,6-8H2. The molecule has 0 saturated carbocycles. The average molecular weight is 264 g/mol. The van der Waals surface area contributed by atoms with Gasteiger partial charge >= 0.3 is 0 Å². The Kier molecular flexibility index (Phi) is 3.46. The number of fused-ring (bicyclic) bond motifs is 1. The molecule has 1 aromatic carbocycles. The molecule has 2 aliphatic heterocycles. The zero-order valence-corrected chi connectivity index (χ0v) is 11.0. The van der Waals surface area contributed by atoms with Crippen molar-refractivity contribution in [3.63, 3.8) is 0 Å². The van der Waals surface area contributed by atoms with E-state index in [1.807, 2.05) is 18.2 Å². The number of hydrogen-bond acceptors (Lipinski definition) is 4. The van der Waals surface area contributed by atoms with Crippen LogP contribution < -0.4 is 9.47 Å². The lowest BCUT2D eigenvalue weighted by Crippen LogP contribution is -2.21. The monoisotopic (exact) mass is 264 g/mol. The van der Waals surface area contributed by atoms with Crippen LogP contribution in [0.2, 0.25) is 0 Å². The number of ether oxygens (including phenoxy) is 2. The van der Waals surface area contributed by atoms with E-state index in [9.17, 15) is 4.79 Å². The number of carbonyl (C=O) groups is 1. The fourth-order valence-corrected chi connectivity index (χ4v) is 3.61. The summed E-state index contributed by atoms with van der Waals surface area (Å²) in [6.45, 7) is 1.14. The van der Waals surface area contributed by atoms with Crippen LogP contribution in [0, 0.1) is 0 Å². The molecular formula is C14H16O3S. The maximum Gasteiger partial charge on any atom is 0.175 e. The molecule has 2 aliphatic rings. The molecule has 18 heavy (non-hydrogen) atoms. The van der Waals surface area contributed by atoms with Crippen LogP contribution in [0.4, 0.5) is 0 Å². The van der Waals surface area contributed by atoms with Gasteiger partial charge < -0.3 is 9.47 Å². The Morgan fingerprint density at radius 3 is 2.78 bits per heavy atom. The van der Waals surface area contributed by atoms with E-state index in [1.54, 1.807) is 11.8 Å². The quantitative estimate of drug-likeness (QED) is 0.769. The lowest BCUT2D eigenvalue weighted by atomic mass is 10.0. The number of ketones is 1. The molecule has 3 nitrogen and oxygen atoms in total. The fourth-order valence-electron chi connectivity index (χ4n) is 2.33. The van der Waals surface area contributed by atoms with Crippen LogP contribution in [0.5, 0.6) is 11.5 Å². The van der Waals surface area contributed by atoms with Crippen molar-refractivity contribution in [1.29, 1.82) is 0 Å². The topological polar surface area (TPSA) is 35.5 Å². The van der Waals surface area contributed by atoms with Gasteiger partial charge in [0, 0.05) is 5.56 Å². The summed E-state index contributed by atoms with van der Waals surface area (Å²) < 4.78 is 11.0. The van der Waals surface area contributed by atoms with Gasteiger partial charge in [0.25, 0.3) is 0 Å². The molecule has 3 rings (SSSR count). The summed E-state index contributed by atoms with van der Waals surface area (Å²) >= 11 is 1.78. The molecule has 1 fully saturated rings. The smallest absolute Gasteiger partial charge is 0.175 e. The minimum Gasteiger partial charge on any atom is -0.486 e. The molecule has 1 atom stereocenters. The minimum atomic E-state index is 0.126. The van der Waals surface area contributed by atoms with Gasteiger partial charge in [-0.1, -0.05) is 6.42 Å². The Morgan fingerprint density at radius 1 is 1.17 bits per heavy atom. The Labute approximate surface area is 111 Å². The summed E-state index contributed by atoms with van der Waals surface area (Å²) in [6.07, 6.45) is 3.39. The molecule has 0 bridgehead atoms. The van der Waals surface area contributed by atoms with Gasteiger partial charge in [-0.25, -0.2) is 0 Å². The van der Waals surface area contributed by atoms with Gasteiger partial charge in [-0.3, -0.25) is 4.79 Å². The molecular weight excluding hydrogens is 248 g/mol. The van der Waals surface area contributed by atoms with E-state index in [-0.39, 0.29) is 11.0 Å². The summed E-state index contributed by atoms with van der Waals surface area (Å²) in [5.74, 6) is 2.78. The first kappa shape index (κ1) is 11.9. The third-order valence-electron chi connectivity index (χ3n) is 3.30. The Balaban J connectivity index is 1.80. The van der Waals surface area contributed by atoms with Crippen LogP contribution in [0.3, 0.4) is 0 Å². The predicted octanol–water partition coefficient (Wildman–Crippen LogP) is 2.93. The van der Waals surface area contributed by atoms with Crippen LogP contribution in [-0.4, -0.2) is 30.0 Å². The van der Waals surface area contributed by atoms with Gasteiger partial charge in [0.2, 0.25) is 0 Å². The van der Waals surface area contributed by atoms with Crippen molar-refractivity contribution in [2.24, 2.45) is 0 Å². The molecule has 1 unspecified atom stereocenters. The molecule has 1 saturated heterocycles. The van der Waals surface area contributed by atoms with Crippen LogP contribution in [0.15, 0.2) is 18.2 Å². The van der Waals surface area contributed by atoms with Gasteiger partial charge in [-0.05, 0) is 36.8 Å². The molecule has 4 heteroatoms. The molecule has 0 aromatic heterocycles. The van der Waals surface area contributed by atoms with E-state index in [4.69, 9.17) is 9.47 Å². The second kappa shape index (κ2) is 5.22.